The van der Waals surface area contributed by atoms with Crippen molar-refractivity contribution in [1.82, 2.24) is 9.88 Å². The average molecular weight is 306 g/mol. The van der Waals surface area contributed by atoms with Gasteiger partial charge in [0.2, 0.25) is 5.91 Å². The molecule has 22 heavy (non-hydrogen) atoms. The summed E-state index contributed by atoms with van der Waals surface area (Å²) in [6.07, 6.45) is 6.09. The molecule has 1 aromatic rings. The van der Waals surface area contributed by atoms with Crippen LogP contribution in [0.1, 0.15) is 19.3 Å². The summed E-state index contributed by atoms with van der Waals surface area (Å²) in [6.45, 7) is 2.20. The van der Waals surface area contributed by atoms with Crippen LogP contribution in [0.4, 0.5) is 0 Å². The minimum Gasteiger partial charge on any atom is -0.486 e. The third-order valence-electron chi connectivity index (χ3n) is 4.41. The van der Waals surface area contributed by atoms with Crippen molar-refractivity contribution < 1.29 is 19.0 Å². The maximum absolute atomic E-state index is 11.8. The number of aromatic nitrogens is 1. The van der Waals surface area contributed by atoms with Gasteiger partial charge in [-0.1, -0.05) is 0 Å². The van der Waals surface area contributed by atoms with E-state index in [2.05, 4.69) is 4.98 Å². The van der Waals surface area contributed by atoms with Gasteiger partial charge in [-0.15, -0.1) is 0 Å². The fourth-order valence-corrected chi connectivity index (χ4v) is 3.21. The molecule has 0 aromatic carbocycles. The van der Waals surface area contributed by atoms with E-state index in [0.29, 0.717) is 6.61 Å². The summed E-state index contributed by atoms with van der Waals surface area (Å²) in [5.41, 5.74) is -0.142. The van der Waals surface area contributed by atoms with Gasteiger partial charge in [0.05, 0.1) is 18.4 Å². The standard InChI is InChI=1S/C16H22N2O4/c1-20-12-15(19)18-7-4-16(5-8-18)9-14(11-21-16)22-13-3-2-6-17-10-13/h2-3,6,10,14H,4-5,7-9,11-12H2,1H3/t14-/m0/s1. The summed E-state index contributed by atoms with van der Waals surface area (Å²) in [7, 11) is 1.55. The van der Waals surface area contributed by atoms with E-state index in [0.717, 1.165) is 38.1 Å². The van der Waals surface area contributed by atoms with Crippen LogP contribution in [-0.2, 0) is 14.3 Å². The van der Waals surface area contributed by atoms with Crippen molar-refractivity contribution in [1.29, 1.82) is 0 Å². The molecule has 1 aromatic heterocycles. The van der Waals surface area contributed by atoms with E-state index in [-0.39, 0.29) is 24.2 Å². The lowest BCUT2D eigenvalue weighted by Crippen LogP contribution is -2.47. The third kappa shape index (κ3) is 3.39. The molecule has 3 rings (SSSR count). The van der Waals surface area contributed by atoms with Crippen LogP contribution in [0, 0.1) is 0 Å². The van der Waals surface area contributed by atoms with E-state index >= 15 is 0 Å². The number of carbonyl (C=O) groups is 1. The summed E-state index contributed by atoms with van der Waals surface area (Å²) >= 11 is 0. The molecule has 3 heterocycles. The second kappa shape index (κ2) is 6.62. The van der Waals surface area contributed by atoms with Gasteiger partial charge in [-0.05, 0) is 25.0 Å². The molecule has 6 heteroatoms. The molecule has 2 fully saturated rings. The third-order valence-corrected chi connectivity index (χ3v) is 4.41. The van der Waals surface area contributed by atoms with Crippen LogP contribution >= 0.6 is 0 Å². The van der Waals surface area contributed by atoms with Crippen LogP contribution in [0.5, 0.6) is 5.75 Å². The second-order valence-corrected chi connectivity index (χ2v) is 5.94. The molecular weight excluding hydrogens is 284 g/mol. The molecule has 0 saturated carbocycles. The maximum atomic E-state index is 11.8. The molecule has 2 aliphatic rings. The Labute approximate surface area is 130 Å². The average Bonchev–Trinajstić information content (AvgIpc) is 2.92. The summed E-state index contributed by atoms with van der Waals surface area (Å²) in [5.74, 6) is 0.833. The lowest BCUT2D eigenvalue weighted by atomic mass is 9.88. The Bertz CT molecular complexity index is 500. The highest BCUT2D eigenvalue weighted by atomic mass is 16.6. The number of likely N-dealkylation sites (tertiary alicyclic amines) is 1. The van der Waals surface area contributed by atoms with Crippen molar-refractivity contribution in [2.24, 2.45) is 0 Å². The predicted molar refractivity (Wildman–Crippen MR) is 79.6 cm³/mol. The zero-order chi connectivity index (χ0) is 15.4. The van der Waals surface area contributed by atoms with Crippen molar-refractivity contribution >= 4 is 5.91 Å². The topological polar surface area (TPSA) is 60.9 Å². The first-order valence-corrected chi connectivity index (χ1v) is 7.68. The highest BCUT2D eigenvalue weighted by Gasteiger charge is 2.44. The first-order valence-electron chi connectivity index (χ1n) is 7.68. The molecule has 0 unspecified atom stereocenters. The minimum atomic E-state index is -0.142. The first kappa shape index (κ1) is 15.2. The van der Waals surface area contributed by atoms with Crippen molar-refractivity contribution in [2.45, 2.75) is 31.0 Å². The summed E-state index contributed by atoms with van der Waals surface area (Å²) in [6, 6.07) is 3.77. The number of rotatable bonds is 4. The van der Waals surface area contributed by atoms with Gasteiger partial charge < -0.3 is 19.1 Å². The highest BCUT2D eigenvalue weighted by Crippen LogP contribution is 2.37. The van der Waals surface area contributed by atoms with E-state index in [1.807, 2.05) is 17.0 Å². The van der Waals surface area contributed by atoms with Crippen molar-refractivity contribution in [3.05, 3.63) is 24.5 Å². The fourth-order valence-electron chi connectivity index (χ4n) is 3.21. The number of pyridine rings is 1. The number of ether oxygens (including phenoxy) is 3. The molecule has 1 spiro atoms. The smallest absolute Gasteiger partial charge is 0.248 e. The fraction of sp³-hybridized carbons (Fsp3) is 0.625. The monoisotopic (exact) mass is 306 g/mol. The minimum absolute atomic E-state index is 0.0542. The van der Waals surface area contributed by atoms with Gasteiger partial charge in [0, 0.05) is 32.8 Å². The van der Waals surface area contributed by atoms with Gasteiger partial charge in [-0.2, -0.15) is 0 Å². The van der Waals surface area contributed by atoms with Gasteiger partial charge >= 0.3 is 0 Å². The molecular formula is C16H22N2O4. The highest BCUT2D eigenvalue weighted by molar-refractivity contribution is 5.77. The Morgan fingerprint density at radius 2 is 2.32 bits per heavy atom. The molecule has 0 aliphatic carbocycles. The largest absolute Gasteiger partial charge is 0.486 e. The normalized spacial score (nSPS) is 23.7. The Hall–Kier alpha value is -1.66. The number of amides is 1. The molecule has 1 atom stereocenters. The SMILES string of the molecule is COCC(=O)N1CCC2(CC1)C[C@H](Oc1cccnc1)CO2. The Morgan fingerprint density at radius 1 is 1.50 bits per heavy atom. The molecule has 0 N–H and O–H groups in total. The van der Waals surface area contributed by atoms with E-state index in [4.69, 9.17) is 14.2 Å². The van der Waals surface area contributed by atoms with E-state index in [9.17, 15) is 4.79 Å². The van der Waals surface area contributed by atoms with Crippen LogP contribution < -0.4 is 4.74 Å². The molecule has 0 radical (unpaired) electrons. The Balaban J connectivity index is 1.51. The van der Waals surface area contributed by atoms with Crippen molar-refractivity contribution in [3.8, 4) is 5.75 Å². The Kier molecular flexibility index (Phi) is 4.59. The molecule has 120 valence electrons. The number of hydrogen-bond acceptors (Lipinski definition) is 5. The van der Waals surface area contributed by atoms with Crippen LogP contribution in [0.2, 0.25) is 0 Å². The summed E-state index contributed by atoms with van der Waals surface area (Å²) in [5, 5.41) is 0. The quantitative estimate of drug-likeness (QED) is 0.838. The van der Waals surface area contributed by atoms with Crippen LogP contribution in [0.25, 0.3) is 0 Å². The molecule has 1 amide bonds. The lowest BCUT2D eigenvalue weighted by molar-refractivity contribution is -0.139. The van der Waals surface area contributed by atoms with Crippen LogP contribution in [-0.4, -0.2) is 60.9 Å². The van der Waals surface area contributed by atoms with E-state index in [1.165, 1.54) is 0 Å². The van der Waals surface area contributed by atoms with Gasteiger partial charge in [0.1, 0.15) is 18.5 Å². The number of carbonyl (C=O) groups excluding carboxylic acids is 1. The van der Waals surface area contributed by atoms with Crippen LogP contribution in [0.3, 0.4) is 0 Å². The van der Waals surface area contributed by atoms with E-state index < -0.39 is 0 Å². The van der Waals surface area contributed by atoms with Crippen molar-refractivity contribution in [3.63, 3.8) is 0 Å². The maximum Gasteiger partial charge on any atom is 0.248 e. The van der Waals surface area contributed by atoms with Crippen molar-refractivity contribution in [2.75, 3.05) is 33.4 Å². The zero-order valence-corrected chi connectivity index (χ0v) is 12.9. The number of hydrogen-bond donors (Lipinski definition) is 0. The molecule has 2 saturated heterocycles. The zero-order valence-electron chi connectivity index (χ0n) is 12.9. The van der Waals surface area contributed by atoms with Gasteiger partial charge in [-0.3, -0.25) is 9.78 Å². The summed E-state index contributed by atoms with van der Waals surface area (Å²) in [4.78, 5) is 17.7. The van der Waals surface area contributed by atoms with Crippen LogP contribution in [0.15, 0.2) is 24.5 Å². The van der Waals surface area contributed by atoms with Gasteiger partial charge in [0.25, 0.3) is 0 Å². The van der Waals surface area contributed by atoms with Gasteiger partial charge in [0.15, 0.2) is 0 Å². The van der Waals surface area contributed by atoms with E-state index in [1.54, 1.807) is 19.5 Å². The first-order chi connectivity index (χ1) is 10.7. The van der Waals surface area contributed by atoms with Gasteiger partial charge in [-0.25, -0.2) is 0 Å². The summed E-state index contributed by atoms with van der Waals surface area (Å²) < 4.78 is 16.9. The number of piperidine rings is 1. The number of methoxy groups -OCH3 is 1. The molecule has 2 aliphatic heterocycles. The predicted octanol–water partition coefficient (Wildman–Crippen LogP) is 1.26. The lowest BCUT2D eigenvalue weighted by Gasteiger charge is -2.38. The Morgan fingerprint density at radius 3 is 3.00 bits per heavy atom. The molecule has 0 bridgehead atoms. The molecule has 6 nitrogen and oxygen atoms in total. The number of nitrogens with zero attached hydrogens (tertiary/aromatic N) is 2. The second-order valence-electron chi connectivity index (χ2n) is 5.94.